The van der Waals surface area contributed by atoms with Crippen molar-refractivity contribution < 1.29 is 5.11 Å². The number of aromatic nitrogens is 1. The van der Waals surface area contributed by atoms with Crippen LogP contribution in [-0.4, -0.2) is 10.1 Å². The van der Waals surface area contributed by atoms with Crippen LogP contribution < -0.4 is 0 Å². The molecule has 1 aromatic carbocycles. The molecule has 1 N–H and O–H groups in total. The van der Waals surface area contributed by atoms with Gasteiger partial charge in [-0.15, -0.1) is 0 Å². The molecule has 1 aromatic heterocycles. The number of hydrogen-bond acceptors (Lipinski definition) is 2. The third-order valence-corrected chi connectivity index (χ3v) is 2.36. The first kappa shape index (κ1) is 9.44. The van der Waals surface area contributed by atoms with E-state index in [0.29, 0.717) is 5.02 Å². The lowest BCUT2D eigenvalue weighted by Crippen LogP contribution is -1.91. The summed E-state index contributed by atoms with van der Waals surface area (Å²) < 4.78 is 0. The maximum atomic E-state index is 9.15. The number of hydrogen-bond donors (Lipinski definition) is 1. The number of halogens is 1. The predicted octanol–water partition coefficient (Wildman–Crippen LogP) is 2.69. The third kappa shape index (κ3) is 1.59. The van der Waals surface area contributed by atoms with Gasteiger partial charge in [0.15, 0.2) is 0 Å². The highest BCUT2D eigenvalue weighted by molar-refractivity contribution is 6.31. The Morgan fingerprint density at radius 1 is 1.36 bits per heavy atom. The Hall–Kier alpha value is -1.12. The van der Waals surface area contributed by atoms with Gasteiger partial charge >= 0.3 is 0 Å². The number of aliphatic hydroxyl groups excluding tert-OH is 1. The van der Waals surface area contributed by atoms with Crippen molar-refractivity contribution >= 4 is 22.5 Å². The largest absolute Gasteiger partial charge is 0.392 e. The van der Waals surface area contributed by atoms with Crippen molar-refractivity contribution in [2.24, 2.45) is 0 Å². The quantitative estimate of drug-likeness (QED) is 0.780. The average molecular weight is 208 g/mol. The van der Waals surface area contributed by atoms with Gasteiger partial charge in [0.25, 0.3) is 0 Å². The first-order valence-electron chi connectivity index (χ1n) is 4.37. The zero-order chi connectivity index (χ0) is 10.1. The van der Waals surface area contributed by atoms with Crippen LogP contribution >= 0.6 is 11.6 Å². The number of fused-ring (bicyclic) bond motifs is 1. The molecule has 2 rings (SSSR count). The third-order valence-electron chi connectivity index (χ3n) is 2.15. The molecule has 0 atom stereocenters. The average Bonchev–Trinajstić information content (AvgIpc) is 2.17. The Kier molecular flexibility index (Phi) is 2.40. The van der Waals surface area contributed by atoms with E-state index in [2.05, 4.69) is 4.98 Å². The fourth-order valence-electron chi connectivity index (χ4n) is 1.49. The monoisotopic (exact) mass is 207 g/mol. The van der Waals surface area contributed by atoms with E-state index in [-0.39, 0.29) is 6.61 Å². The van der Waals surface area contributed by atoms with E-state index in [0.717, 1.165) is 22.2 Å². The van der Waals surface area contributed by atoms with Crippen molar-refractivity contribution in [2.75, 3.05) is 0 Å². The van der Waals surface area contributed by atoms with Crippen LogP contribution in [0.15, 0.2) is 24.3 Å². The lowest BCUT2D eigenvalue weighted by Gasteiger charge is -2.04. The molecular formula is C11H10ClNO. The Labute approximate surface area is 87.2 Å². The molecule has 3 heteroatoms. The zero-order valence-electron chi connectivity index (χ0n) is 7.79. The lowest BCUT2D eigenvalue weighted by molar-refractivity contribution is 0.283. The van der Waals surface area contributed by atoms with E-state index in [1.54, 1.807) is 6.07 Å². The minimum Gasteiger partial charge on any atom is -0.392 e. The Morgan fingerprint density at radius 3 is 2.86 bits per heavy atom. The number of nitrogens with zero attached hydrogens (tertiary/aromatic N) is 1. The molecule has 0 spiro atoms. The normalized spacial score (nSPS) is 10.8. The second kappa shape index (κ2) is 3.56. The number of rotatable bonds is 1. The molecule has 0 aliphatic heterocycles. The fraction of sp³-hybridized carbons (Fsp3) is 0.182. The first-order chi connectivity index (χ1) is 6.70. The summed E-state index contributed by atoms with van der Waals surface area (Å²) in [5.74, 6) is 0. The standard InChI is InChI=1S/C11H10ClNO/c1-7-2-3-8-4-10(12)5-9(6-14)11(8)13-7/h2-5,14H,6H2,1H3. The van der Waals surface area contributed by atoms with Gasteiger partial charge < -0.3 is 5.11 Å². The van der Waals surface area contributed by atoms with Gasteiger partial charge in [0.1, 0.15) is 0 Å². The zero-order valence-corrected chi connectivity index (χ0v) is 8.54. The van der Waals surface area contributed by atoms with Gasteiger partial charge in [0.2, 0.25) is 0 Å². The highest BCUT2D eigenvalue weighted by atomic mass is 35.5. The number of pyridine rings is 1. The summed E-state index contributed by atoms with van der Waals surface area (Å²) in [7, 11) is 0. The summed E-state index contributed by atoms with van der Waals surface area (Å²) in [5, 5.41) is 10.7. The molecule has 0 unspecified atom stereocenters. The molecule has 0 bridgehead atoms. The van der Waals surface area contributed by atoms with Crippen LogP contribution in [0.25, 0.3) is 10.9 Å². The van der Waals surface area contributed by atoms with E-state index < -0.39 is 0 Å². The summed E-state index contributed by atoms with van der Waals surface area (Å²) >= 11 is 5.90. The smallest absolute Gasteiger partial charge is 0.0761 e. The Morgan fingerprint density at radius 2 is 2.14 bits per heavy atom. The van der Waals surface area contributed by atoms with Gasteiger partial charge in [-0.1, -0.05) is 17.7 Å². The number of benzene rings is 1. The predicted molar refractivity (Wildman–Crippen MR) is 57.4 cm³/mol. The van der Waals surface area contributed by atoms with Gasteiger partial charge in [-0.05, 0) is 25.1 Å². The highest BCUT2D eigenvalue weighted by Crippen LogP contribution is 2.22. The molecule has 2 nitrogen and oxygen atoms in total. The van der Waals surface area contributed by atoms with Crippen molar-refractivity contribution in [2.45, 2.75) is 13.5 Å². The van der Waals surface area contributed by atoms with Gasteiger partial charge in [0.05, 0.1) is 12.1 Å². The molecule has 14 heavy (non-hydrogen) atoms. The fourth-order valence-corrected chi connectivity index (χ4v) is 1.74. The van der Waals surface area contributed by atoms with Gasteiger partial charge in [0, 0.05) is 21.7 Å². The number of aryl methyl sites for hydroxylation is 1. The molecule has 0 aliphatic rings. The molecule has 0 fully saturated rings. The Balaban J connectivity index is 2.81. The van der Waals surface area contributed by atoms with Crippen LogP contribution in [0, 0.1) is 6.92 Å². The SMILES string of the molecule is Cc1ccc2cc(Cl)cc(CO)c2n1. The van der Waals surface area contributed by atoms with Crippen LogP contribution in [0.3, 0.4) is 0 Å². The van der Waals surface area contributed by atoms with Gasteiger partial charge in [-0.25, -0.2) is 0 Å². The maximum Gasteiger partial charge on any atom is 0.0761 e. The molecule has 1 heterocycles. The van der Waals surface area contributed by atoms with Crippen LogP contribution in [0.2, 0.25) is 5.02 Å². The van der Waals surface area contributed by atoms with E-state index in [1.165, 1.54) is 0 Å². The lowest BCUT2D eigenvalue weighted by atomic mass is 10.1. The van der Waals surface area contributed by atoms with Crippen molar-refractivity contribution in [3.05, 3.63) is 40.5 Å². The summed E-state index contributed by atoms with van der Waals surface area (Å²) in [5.41, 5.74) is 2.54. The second-order valence-electron chi connectivity index (χ2n) is 3.25. The van der Waals surface area contributed by atoms with Crippen molar-refractivity contribution in [3.63, 3.8) is 0 Å². The van der Waals surface area contributed by atoms with E-state index in [9.17, 15) is 0 Å². The summed E-state index contributed by atoms with van der Waals surface area (Å²) in [6.45, 7) is 1.89. The van der Waals surface area contributed by atoms with Crippen LogP contribution in [0.1, 0.15) is 11.3 Å². The van der Waals surface area contributed by atoms with Crippen molar-refractivity contribution in [1.82, 2.24) is 4.98 Å². The first-order valence-corrected chi connectivity index (χ1v) is 4.75. The molecule has 0 aliphatic carbocycles. The summed E-state index contributed by atoms with van der Waals surface area (Å²) in [6.07, 6.45) is 0. The van der Waals surface area contributed by atoms with E-state index in [4.69, 9.17) is 16.7 Å². The minimum absolute atomic E-state index is 0.0342. The van der Waals surface area contributed by atoms with E-state index >= 15 is 0 Å². The number of aliphatic hydroxyl groups is 1. The van der Waals surface area contributed by atoms with Crippen molar-refractivity contribution in [3.8, 4) is 0 Å². The van der Waals surface area contributed by atoms with E-state index in [1.807, 2.05) is 25.1 Å². The van der Waals surface area contributed by atoms with Crippen molar-refractivity contribution in [1.29, 1.82) is 0 Å². The van der Waals surface area contributed by atoms with Gasteiger partial charge in [-0.3, -0.25) is 4.98 Å². The van der Waals surface area contributed by atoms with Crippen LogP contribution in [0.5, 0.6) is 0 Å². The molecule has 0 saturated heterocycles. The Bertz CT molecular complexity index is 482. The molecular weight excluding hydrogens is 198 g/mol. The van der Waals surface area contributed by atoms with Gasteiger partial charge in [-0.2, -0.15) is 0 Å². The second-order valence-corrected chi connectivity index (χ2v) is 3.68. The molecule has 2 aromatic rings. The topological polar surface area (TPSA) is 33.1 Å². The maximum absolute atomic E-state index is 9.15. The highest BCUT2D eigenvalue weighted by Gasteiger charge is 2.03. The molecule has 0 radical (unpaired) electrons. The van der Waals surface area contributed by atoms with Crippen LogP contribution in [0.4, 0.5) is 0 Å². The summed E-state index contributed by atoms with van der Waals surface area (Å²) in [6, 6.07) is 7.49. The minimum atomic E-state index is -0.0342. The molecule has 0 amide bonds. The molecule has 72 valence electrons. The summed E-state index contributed by atoms with van der Waals surface area (Å²) in [4.78, 5) is 4.37. The van der Waals surface area contributed by atoms with Crippen LogP contribution in [-0.2, 0) is 6.61 Å². The molecule has 0 saturated carbocycles.